The smallest absolute Gasteiger partial charge is 0.176 e. The normalized spacial score (nSPS) is 9.91. The van der Waals surface area contributed by atoms with E-state index in [9.17, 15) is 10.1 Å². The first-order chi connectivity index (χ1) is 5.25. The topological polar surface area (TPSA) is 61.0 Å². The summed E-state index contributed by atoms with van der Waals surface area (Å²) in [5.41, 5.74) is 0. The molecule has 1 aromatic heterocycles. The van der Waals surface area contributed by atoms with E-state index in [4.69, 9.17) is 11.6 Å². The van der Waals surface area contributed by atoms with Gasteiger partial charge in [0.05, 0.1) is 12.4 Å². The maximum absolute atomic E-state index is 10.2. The Hall–Kier alpha value is -1.10. The first kappa shape index (κ1) is 8.00. The first-order valence-electron chi connectivity index (χ1n) is 2.98. The van der Waals surface area contributed by atoms with Crippen LogP contribution in [0.5, 0.6) is 0 Å². The number of halogens is 1. The van der Waals surface area contributed by atoms with Crippen molar-refractivity contribution in [1.82, 2.24) is 9.66 Å². The third-order valence-electron chi connectivity index (χ3n) is 1.19. The Bertz CT molecular complexity index is 260. The fourth-order valence-corrected chi connectivity index (χ4v) is 0.909. The van der Waals surface area contributed by atoms with E-state index in [1.54, 1.807) is 0 Å². The predicted octanol–water partition coefficient (Wildman–Crippen LogP) is 0.704. The number of nitro groups is 1. The average Bonchev–Trinajstić information content (AvgIpc) is 2.36. The Balaban J connectivity index is 2.87. The summed E-state index contributed by atoms with van der Waals surface area (Å²) in [4.78, 5) is 14.0. The fourth-order valence-electron chi connectivity index (χ4n) is 0.740. The van der Waals surface area contributed by atoms with Gasteiger partial charge in [0.1, 0.15) is 0 Å². The average molecular weight is 176 g/mol. The molecule has 0 aliphatic rings. The molecule has 0 aromatic carbocycles. The van der Waals surface area contributed by atoms with Crippen LogP contribution in [-0.4, -0.2) is 20.6 Å². The standard InChI is InChI=1S/C5H6ClN3O2/c6-2-1-5-7-3-4-8(5)9(10)11/h3-4H,1-2H2. The molecule has 0 fully saturated rings. The van der Waals surface area contributed by atoms with Gasteiger partial charge >= 0.3 is 0 Å². The van der Waals surface area contributed by atoms with Crippen molar-refractivity contribution in [2.45, 2.75) is 6.42 Å². The van der Waals surface area contributed by atoms with Gasteiger partial charge in [-0.25, -0.2) is 15.1 Å². The summed E-state index contributed by atoms with van der Waals surface area (Å²) in [5, 5.41) is 9.71. The maximum atomic E-state index is 10.2. The predicted molar refractivity (Wildman–Crippen MR) is 39.0 cm³/mol. The van der Waals surface area contributed by atoms with Crippen LogP contribution in [0.3, 0.4) is 0 Å². The molecular weight excluding hydrogens is 170 g/mol. The van der Waals surface area contributed by atoms with Gasteiger partial charge in [-0.15, -0.1) is 11.6 Å². The first-order valence-corrected chi connectivity index (χ1v) is 3.52. The van der Waals surface area contributed by atoms with Crippen LogP contribution in [0.15, 0.2) is 12.4 Å². The summed E-state index contributed by atoms with van der Waals surface area (Å²) in [5.74, 6) is 0.718. The van der Waals surface area contributed by atoms with Crippen molar-refractivity contribution in [2.75, 3.05) is 5.88 Å². The van der Waals surface area contributed by atoms with Crippen molar-refractivity contribution >= 4 is 11.6 Å². The van der Waals surface area contributed by atoms with Gasteiger partial charge in [-0.2, -0.15) is 0 Å². The van der Waals surface area contributed by atoms with Crippen molar-refractivity contribution in [1.29, 1.82) is 0 Å². The third kappa shape index (κ3) is 1.68. The minimum Gasteiger partial charge on any atom is -0.236 e. The van der Waals surface area contributed by atoms with Gasteiger partial charge in [-0.3, -0.25) is 0 Å². The second-order valence-electron chi connectivity index (χ2n) is 1.86. The Morgan fingerprint density at radius 2 is 2.55 bits per heavy atom. The number of imidazole rings is 1. The molecule has 60 valence electrons. The lowest BCUT2D eigenvalue weighted by molar-refractivity contribution is -0.543. The van der Waals surface area contributed by atoms with E-state index in [0.29, 0.717) is 18.1 Å². The number of rotatable bonds is 3. The maximum Gasteiger partial charge on any atom is 0.176 e. The number of hydrogen-bond acceptors (Lipinski definition) is 3. The van der Waals surface area contributed by atoms with Crippen LogP contribution in [0, 0.1) is 10.1 Å². The van der Waals surface area contributed by atoms with Crippen molar-refractivity contribution in [3.05, 3.63) is 28.3 Å². The Kier molecular flexibility index (Phi) is 2.43. The molecule has 0 saturated carbocycles. The molecule has 1 aromatic rings. The van der Waals surface area contributed by atoms with Crippen LogP contribution in [0.2, 0.25) is 0 Å². The zero-order chi connectivity index (χ0) is 8.27. The third-order valence-corrected chi connectivity index (χ3v) is 1.38. The van der Waals surface area contributed by atoms with Gasteiger partial charge in [0.25, 0.3) is 0 Å². The summed E-state index contributed by atoms with van der Waals surface area (Å²) in [6, 6.07) is 0. The van der Waals surface area contributed by atoms with E-state index < -0.39 is 5.03 Å². The van der Waals surface area contributed by atoms with Crippen molar-refractivity contribution in [3.63, 3.8) is 0 Å². The van der Waals surface area contributed by atoms with Gasteiger partial charge in [0.15, 0.2) is 10.9 Å². The van der Waals surface area contributed by atoms with E-state index in [-0.39, 0.29) is 0 Å². The monoisotopic (exact) mass is 175 g/mol. The lowest BCUT2D eigenvalue weighted by Gasteiger charge is -1.93. The number of nitrogens with zero attached hydrogens (tertiary/aromatic N) is 3. The van der Waals surface area contributed by atoms with Crippen LogP contribution in [0.4, 0.5) is 0 Å². The van der Waals surface area contributed by atoms with Crippen molar-refractivity contribution in [3.8, 4) is 0 Å². The second kappa shape index (κ2) is 3.34. The molecule has 0 atom stereocenters. The van der Waals surface area contributed by atoms with Crippen LogP contribution < -0.4 is 0 Å². The summed E-state index contributed by atoms with van der Waals surface area (Å²) >= 11 is 5.39. The summed E-state index contributed by atoms with van der Waals surface area (Å²) < 4.78 is 0.863. The van der Waals surface area contributed by atoms with Gasteiger partial charge in [-0.05, 0) is 0 Å². The lowest BCUT2D eigenvalue weighted by atomic mass is 10.5. The summed E-state index contributed by atoms with van der Waals surface area (Å²) in [6.07, 6.45) is 3.09. The SMILES string of the molecule is O=[N+]([O-])n1ccnc1CCCl. The molecule has 0 aliphatic heterocycles. The second-order valence-corrected chi connectivity index (χ2v) is 2.24. The largest absolute Gasteiger partial charge is 0.236 e. The Morgan fingerprint density at radius 3 is 3.09 bits per heavy atom. The van der Waals surface area contributed by atoms with Gasteiger partial charge < -0.3 is 0 Å². The highest BCUT2D eigenvalue weighted by molar-refractivity contribution is 6.17. The molecule has 0 saturated heterocycles. The molecule has 0 bridgehead atoms. The molecule has 0 spiro atoms. The van der Waals surface area contributed by atoms with Gasteiger partial charge in [0.2, 0.25) is 0 Å². The molecule has 0 radical (unpaired) electrons. The highest BCUT2D eigenvalue weighted by Crippen LogP contribution is 1.98. The van der Waals surface area contributed by atoms with E-state index in [0.717, 1.165) is 4.68 Å². The van der Waals surface area contributed by atoms with Crippen molar-refractivity contribution < 1.29 is 5.03 Å². The van der Waals surface area contributed by atoms with E-state index in [2.05, 4.69) is 4.98 Å². The van der Waals surface area contributed by atoms with Crippen molar-refractivity contribution in [2.24, 2.45) is 0 Å². The molecule has 5 nitrogen and oxygen atoms in total. The van der Waals surface area contributed by atoms with Crippen LogP contribution >= 0.6 is 11.6 Å². The number of aryl methyl sites for hydroxylation is 1. The van der Waals surface area contributed by atoms with Crippen LogP contribution in [0.25, 0.3) is 0 Å². The molecule has 1 heterocycles. The Morgan fingerprint density at radius 1 is 1.82 bits per heavy atom. The minimum atomic E-state index is -0.533. The fraction of sp³-hybridized carbons (Fsp3) is 0.400. The Labute approximate surface area is 67.7 Å². The number of aromatic nitrogens is 2. The van der Waals surface area contributed by atoms with Gasteiger partial charge in [-0.1, -0.05) is 4.68 Å². The van der Waals surface area contributed by atoms with E-state index >= 15 is 0 Å². The zero-order valence-electron chi connectivity index (χ0n) is 5.61. The van der Waals surface area contributed by atoms with E-state index in [1.165, 1.54) is 12.4 Å². The zero-order valence-corrected chi connectivity index (χ0v) is 6.36. The molecule has 0 unspecified atom stereocenters. The number of alkyl halides is 1. The molecule has 6 heteroatoms. The molecule has 0 N–H and O–H groups in total. The number of hydrogen-bond donors (Lipinski definition) is 0. The van der Waals surface area contributed by atoms with Crippen LogP contribution in [0.1, 0.15) is 5.82 Å². The molecule has 11 heavy (non-hydrogen) atoms. The van der Waals surface area contributed by atoms with E-state index in [1.807, 2.05) is 0 Å². The lowest BCUT2D eigenvalue weighted by Crippen LogP contribution is -2.11. The highest BCUT2D eigenvalue weighted by atomic mass is 35.5. The van der Waals surface area contributed by atoms with Gasteiger partial charge in [0, 0.05) is 12.3 Å². The molecular formula is C5H6ClN3O2. The quantitative estimate of drug-likeness (QED) is 0.386. The molecule has 1 rings (SSSR count). The van der Waals surface area contributed by atoms with Crippen LogP contribution in [-0.2, 0) is 6.42 Å². The minimum absolute atomic E-state index is 0.338. The molecule has 0 aliphatic carbocycles. The summed E-state index contributed by atoms with van der Waals surface area (Å²) in [7, 11) is 0. The molecule has 0 amide bonds. The summed E-state index contributed by atoms with van der Waals surface area (Å²) in [6.45, 7) is 0. The highest BCUT2D eigenvalue weighted by Gasteiger charge is 2.08.